The number of carbonyl (C=O) groups is 5. The molecular formula is C118H211N9O7. The molecule has 16 nitrogen and oxygen atoms in total. The highest BCUT2D eigenvalue weighted by Gasteiger charge is 2.39. The van der Waals surface area contributed by atoms with Gasteiger partial charge in [-0.15, -0.1) is 0 Å². The van der Waals surface area contributed by atoms with E-state index in [4.69, 9.17) is 9.47 Å². The molecule has 16 heteroatoms. The van der Waals surface area contributed by atoms with Crippen LogP contribution in [0, 0.1) is 100 Å². The van der Waals surface area contributed by atoms with Gasteiger partial charge >= 0.3 is 5.97 Å². The third kappa shape index (κ3) is 62.8. The number of pyridine rings is 3. The molecule has 4 aromatic rings. The molecule has 0 radical (unpaired) electrons. The lowest BCUT2D eigenvalue weighted by Gasteiger charge is -2.38. The van der Waals surface area contributed by atoms with Gasteiger partial charge in [-0.25, -0.2) is 0 Å². The van der Waals surface area contributed by atoms with Gasteiger partial charge < -0.3 is 40.1 Å². The number of hydrogen-bond acceptors (Lipinski definition) is 12. The van der Waals surface area contributed by atoms with E-state index >= 15 is 0 Å². The number of rotatable bonds is 39. The Balaban J connectivity index is 0.000000804. The maximum Gasteiger partial charge on any atom is 0.309 e. The largest absolute Gasteiger partial charge is 0.459 e. The summed E-state index contributed by atoms with van der Waals surface area (Å²) in [5, 5.41) is 9.79. The van der Waals surface area contributed by atoms with E-state index in [-0.39, 0.29) is 81.1 Å². The summed E-state index contributed by atoms with van der Waals surface area (Å²) in [6.07, 6.45) is 33.2. The van der Waals surface area contributed by atoms with E-state index in [0.717, 1.165) is 145 Å². The van der Waals surface area contributed by atoms with Gasteiger partial charge in [0.15, 0.2) is 0 Å². The molecule has 4 amide bonds. The number of benzene rings is 1. The van der Waals surface area contributed by atoms with Crippen molar-refractivity contribution in [1.29, 1.82) is 0 Å². The van der Waals surface area contributed by atoms with Crippen LogP contribution in [-0.2, 0) is 59.7 Å². The number of piperazine rings is 1. The Bertz CT molecular complexity index is 3510. The first-order valence-electron chi connectivity index (χ1n) is 52.6. The number of amides is 4. The minimum absolute atomic E-state index is 0.00248. The molecule has 0 aliphatic carbocycles. The molecule has 3 N–H and O–H groups in total. The Morgan fingerprint density at radius 1 is 0.328 bits per heavy atom. The highest BCUT2D eigenvalue weighted by molar-refractivity contribution is 5.81. The topological polar surface area (TPSA) is 188 Å². The van der Waals surface area contributed by atoms with Gasteiger partial charge in [0.05, 0.1) is 42.8 Å². The molecule has 6 unspecified atom stereocenters. The third-order valence-electron chi connectivity index (χ3n) is 26.2. The van der Waals surface area contributed by atoms with Gasteiger partial charge in [0, 0.05) is 94.6 Å². The zero-order chi connectivity index (χ0) is 102. The smallest absolute Gasteiger partial charge is 0.309 e. The summed E-state index contributed by atoms with van der Waals surface area (Å²) < 4.78 is 10.9. The van der Waals surface area contributed by atoms with E-state index in [1.54, 1.807) is 12.4 Å². The number of esters is 1. The monoisotopic (exact) mass is 1870 g/mol. The van der Waals surface area contributed by atoms with Gasteiger partial charge in [-0.3, -0.25) is 38.9 Å². The molecule has 6 rings (SSSR count). The minimum Gasteiger partial charge on any atom is -0.459 e. The normalized spacial score (nSPS) is 15.4. The molecule has 0 spiro atoms. The fourth-order valence-electron chi connectivity index (χ4n) is 17.1. The van der Waals surface area contributed by atoms with Crippen molar-refractivity contribution in [3.05, 3.63) is 126 Å². The Morgan fingerprint density at radius 3 is 0.948 bits per heavy atom. The van der Waals surface area contributed by atoms with E-state index in [2.05, 4.69) is 321 Å². The second kappa shape index (κ2) is 60.8. The maximum absolute atomic E-state index is 13.0. The molecule has 2 saturated heterocycles. The summed E-state index contributed by atoms with van der Waals surface area (Å²) in [4.78, 5) is 82.8. The molecule has 5 heterocycles. The summed E-state index contributed by atoms with van der Waals surface area (Å²) in [7, 11) is 2.13. The second-order valence-corrected chi connectivity index (χ2v) is 53.2. The van der Waals surface area contributed by atoms with Crippen LogP contribution in [-0.4, -0.2) is 125 Å². The van der Waals surface area contributed by atoms with Crippen LogP contribution in [0.2, 0.25) is 0 Å². The standard InChI is InChI=1S/C21H35NO.C20H34N2O.C20H36N2.C20H33NO2.C19H38N2O.C18H35NO2/c1-20(2,3)15-11-10-14-18(21(4,5)6)19(23)22-16-17-12-8-7-9-13-17;1-19(2,3)13-9-7-12-17(20(4,5)6)18(23)22-15-16-11-8-10-14-21-16;1-19(2,3)13-9-7-11-17(20(4,5)6)15-21-16-18-12-8-10-14-22-18;1-19(2,3)13-9-7-12-17(20(4,5)6)18(22)23-15-16-11-8-10-14-21-16;1-18(2,3)11-9-8-10-16(19(4,5)6)17(22)21-14-12-20(7)13-15-21;1-17(2,3)10-8-7-9-15(18(4,5)6)16(20)19-11-13-21-14-12-19/h7-9,12-13,18H,10-11,14-16H2,1-6H3,(H,22,23);8,10-11,14,17H,7,9,12-13,15H2,1-6H3,(H,22,23);8,10,12,14,17,21H,7,9,11,13,15-16H2,1-6H3;8,10-11,14,17H,7,9,12-13,15H2,1-6H3;16H,8-15H2,1-7H3;15H,7-14H2,1-6H3. The van der Waals surface area contributed by atoms with Crippen LogP contribution in [0.4, 0.5) is 0 Å². The summed E-state index contributed by atoms with van der Waals surface area (Å²) in [6.45, 7) is 90.8. The summed E-state index contributed by atoms with van der Waals surface area (Å²) in [6, 6.07) is 27.6. The van der Waals surface area contributed by atoms with Crippen LogP contribution < -0.4 is 16.0 Å². The average molecular weight is 1870 g/mol. The van der Waals surface area contributed by atoms with Crippen LogP contribution in [0.25, 0.3) is 0 Å². The van der Waals surface area contributed by atoms with E-state index in [1.165, 1.54) is 89.9 Å². The number of aromatic nitrogens is 3. The zero-order valence-electron chi connectivity index (χ0n) is 94.0. The third-order valence-corrected chi connectivity index (χ3v) is 26.2. The summed E-state index contributed by atoms with van der Waals surface area (Å²) >= 11 is 0. The molecular weight excluding hydrogens is 1660 g/mol. The van der Waals surface area contributed by atoms with Crippen molar-refractivity contribution in [2.75, 3.05) is 66.1 Å². The highest BCUT2D eigenvalue weighted by atomic mass is 16.5. The highest BCUT2D eigenvalue weighted by Crippen LogP contribution is 2.40. The van der Waals surface area contributed by atoms with Crippen molar-refractivity contribution in [3.63, 3.8) is 0 Å². The quantitative estimate of drug-likeness (QED) is 0.0284. The van der Waals surface area contributed by atoms with E-state index in [0.29, 0.717) is 76.0 Å². The number of nitrogens with zero attached hydrogens (tertiary/aromatic N) is 6. The van der Waals surface area contributed by atoms with Gasteiger partial charge in [0.25, 0.3) is 0 Å². The lowest BCUT2D eigenvalue weighted by Crippen LogP contribution is -2.50. The molecule has 6 atom stereocenters. The van der Waals surface area contributed by atoms with Crippen molar-refractivity contribution in [3.8, 4) is 0 Å². The van der Waals surface area contributed by atoms with Crippen LogP contribution in [0.15, 0.2) is 104 Å². The molecule has 2 aliphatic heterocycles. The maximum atomic E-state index is 13.0. The van der Waals surface area contributed by atoms with Crippen molar-refractivity contribution < 1.29 is 33.4 Å². The Morgan fingerprint density at radius 2 is 0.627 bits per heavy atom. The molecule has 0 saturated carbocycles. The number of likely N-dealkylation sites (N-methyl/N-ethyl adjacent to an activating group) is 1. The van der Waals surface area contributed by atoms with Gasteiger partial charge in [0.1, 0.15) is 6.61 Å². The van der Waals surface area contributed by atoms with E-state index in [1.807, 2.05) is 71.8 Å². The Kier molecular flexibility index (Phi) is 57.1. The molecule has 3 aromatic heterocycles. The number of carbonyl (C=O) groups excluding carboxylic acids is 5. The first-order valence-corrected chi connectivity index (χ1v) is 52.6. The average Bonchev–Trinajstić information content (AvgIpc) is 0.860. The van der Waals surface area contributed by atoms with Gasteiger partial charge in [-0.1, -0.05) is 375 Å². The number of nitrogens with one attached hydrogen (secondary N) is 3. The van der Waals surface area contributed by atoms with Crippen molar-refractivity contribution in [2.45, 2.75) is 430 Å². The van der Waals surface area contributed by atoms with Crippen molar-refractivity contribution in [1.82, 2.24) is 45.6 Å². The SMILES string of the molecule is CC(C)(C)CCCCC(C(=O)N1CCOCC1)C(C)(C)C.CC(C)(C)CCCCC(C(=O)NCc1ccccc1)C(C)(C)C.CC(C)(C)CCCCC(C(=O)NCc1ccccn1)C(C)(C)C.CC(C)(C)CCCCC(C(=O)OCc1ccccn1)C(C)(C)C.CC(C)(C)CCCCC(CNCc1ccccn1)C(C)(C)C.CN1CCN(C(=O)C(CCCCC(C)(C)C)C(C)(C)C)CC1. The predicted octanol–water partition coefficient (Wildman–Crippen LogP) is 29.5. The van der Waals surface area contributed by atoms with Gasteiger partial charge in [-0.05, 0) is 204 Å². The Hall–Kier alpha value is -6.10. The van der Waals surface area contributed by atoms with Gasteiger partial charge in [-0.2, -0.15) is 0 Å². The Labute approximate surface area is 826 Å². The predicted molar refractivity (Wildman–Crippen MR) is 571 cm³/mol. The van der Waals surface area contributed by atoms with E-state index in [9.17, 15) is 24.0 Å². The molecule has 134 heavy (non-hydrogen) atoms. The number of unbranched alkanes of at least 4 members (excludes halogenated alkanes) is 6. The number of morpholine rings is 1. The molecule has 2 aliphatic rings. The first-order chi connectivity index (χ1) is 61.6. The number of ether oxygens (including phenoxy) is 2. The second-order valence-electron chi connectivity index (χ2n) is 53.2. The minimum atomic E-state index is -0.0982. The summed E-state index contributed by atoms with van der Waals surface area (Å²) in [5.74, 6) is 2.04. The molecule has 770 valence electrons. The molecule has 1 aromatic carbocycles. The zero-order valence-corrected chi connectivity index (χ0v) is 94.0. The lowest BCUT2D eigenvalue weighted by molar-refractivity contribution is -0.154. The van der Waals surface area contributed by atoms with Crippen LogP contribution in [0.3, 0.4) is 0 Å². The first kappa shape index (κ1) is 126. The van der Waals surface area contributed by atoms with Gasteiger partial charge in [0.2, 0.25) is 23.6 Å². The van der Waals surface area contributed by atoms with Crippen molar-refractivity contribution >= 4 is 29.6 Å². The molecule has 0 bridgehead atoms. The van der Waals surface area contributed by atoms with E-state index < -0.39 is 0 Å². The lowest BCUT2D eigenvalue weighted by atomic mass is 9.76. The van der Waals surface area contributed by atoms with Crippen LogP contribution >= 0.6 is 0 Å². The fourth-order valence-corrected chi connectivity index (χ4v) is 17.1. The number of hydrogen-bond donors (Lipinski definition) is 3. The van der Waals surface area contributed by atoms with Crippen molar-refractivity contribution in [2.24, 2.45) is 100 Å². The fraction of sp³-hybridized carbons (Fsp3) is 0.780. The summed E-state index contributed by atoms with van der Waals surface area (Å²) in [5.41, 5.74) is 6.71. The van der Waals surface area contributed by atoms with Crippen LogP contribution in [0.1, 0.15) is 426 Å². The van der Waals surface area contributed by atoms with Crippen LogP contribution in [0.5, 0.6) is 0 Å². The molecule has 2 fully saturated rings.